The number of piperazine rings is 1. The van der Waals surface area contributed by atoms with E-state index in [0.717, 1.165) is 11.4 Å². The summed E-state index contributed by atoms with van der Waals surface area (Å²) in [4.78, 5) is 46.3. The number of benzene rings is 1. The van der Waals surface area contributed by atoms with Crippen LogP contribution in [0.2, 0.25) is 0 Å². The molecule has 2 amide bonds. The lowest BCUT2D eigenvalue weighted by Crippen LogP contribution is -2.51. The Kier molecular flexibility index (Phi) is 7.04. The van der Waals surface area contributed by atoms with Crippen LogP contribution < -0.4 is 5.56 Å². The second-order valence-electron chi connectivity index (χ2n) is 7.24. The van der Waals surface area contributed by atoms with Crippen LogP contribution in [0.25, 0.3) is 5.69 Å². The lowest BCUT2D eigenvalue weighted by atomic mass is 10.3. The molecule has 32 heavy (non-hydrogen) atoms. The van der Waals surface area contributed by atoms with E-state index < -0.39 is 5.82 Å². The van der Waals surface area contributed by atoms with Gasteiger partial charge in [-0.1, -0.05) is 11.8 Å². The van der Waals surface area contributed by atoms with Crippen molar-refractivity contribution in [3.05, 3.63) is 46.1 Å². The number of aromatic nitrogens is 2. The summed E-state index contributed by atoms with van der Waals surface area (Å²) in [6.07, 6.45) is 0.342. The van der Waals surface area contributed by atoms with E-state index in [9.17, 15) is 18.8 Å². The highest BCUT2D eigenvalue weighted by Gasteiger charge is 2.26. The number of aryl methyl sites for hydroxylation is 1. The largest absolute Gasteiger partial charge is 0.450 e. The second-order valence-corrected chi connectivity index (χ2v) is 9.29. The number of nitrogens with zero attached hydrogens (tertiary/aromatic N) is 4. The average Bonchev–Trinajstić information content (AvgIpc) is 3.28. The van der Waals surface area contributed by atoms with Crippen molar-refractivity contribution < 1.29 is 18.7 Å². The molecule has 0 atom stereocenters. The van der Waals surface area contributed by atoms with Gasteiger partial charge in [-0.2, -0.15) is 0 Å². The van der Waals surface area contributed by atoms with E-state index in [4.69, 9.17) is 4.74 Å². The number of rotatable bonds is 5. The first-order valence-corrected chi connectivity index (χ1v) is 12.3. The number of carbonyl (C=O) groups is 2. The molecule has 2 aliphatic heterocycles. The van der Waals surface area contributed by atoms with Crippen LogP contribution in [0.1, 0.15) is 12.6 Å². The van der Waals surface area contributed by atoms with Crippen LogP contribution in [0.4, 0.5) is 9.18 Å². The van der Waals surface area contributed by atoms with E-state index in [2.05, 4.69) is 4.98 Å². The lowest BCUT2D eigenvalue weighted by Gasteiger charge is -2.34. The van der Waals surface area contributed by atoms with Crippen LogP contribution >= 0.6 is 23.5 Å². The number of halogens is 1. The third-order valence-corrected chi connectivity index (χ3v) is 7.27. The molecule has 170 valence electrons. The number of hydrogen-bond acceptors (Lipinski definition) is 7. The van der Waals surface area contributed by atoms with E-state index in [1.807, 2.05) is 0 Å². The van der Waals surface area contributed by atoms with Crippen molar-refractivity contribution in [1.29, 1.82) is 0 Å². The summed E-state index contributed by atoms with van der Waals surface area (Å²) in [6.45, 7) is 3.77. The molecule has 1 fully saturated rings. The Bertz CT molecular complexity index is 1070. The summed E-state index contributed by atoms with van der Waals surface area (Å²) in [7, 11) is 0. The molecule has 0 aliphatic carbocycles. The fourth-order valence-corrected chi connectivity index (χ4v) is 5.53. The molecule has 11 heteroatoms. The van der Waals surface area contributed by atoms with Gasteiger partial charge >= 0.3 is 6.09 Å². The van der Waals surface area contributed by atoms with Crippen LogP contribution in [0, 0.1) is 5.82 Å². The smallest absolute Gasteiger partial charge is 0.409 e. The van der Waals surface area contributed by atoms with Crippen molar-refractivity contribution in [2.24, 2.45) is 0 Å². The number of amides is 2. The predicted molar refractivity (Wildman–Crippen MR) is 120 cm³/mol. The first kappa shape index (κ1) is 22.7. The molecule has 2 aromatic rings. The maximum absolute atomic E-state index is 13.4. The van der Waals surface area contributed by atoms with Crippen LogP contribution in [0.15, 0.2) is 39.1 Å². The van der Waals surface area contributed by atoms with Crippen molar-refractivity contribution in [3.8, 4) is 5.69 Å². The third-order valence-electron chi connectivity index (χ3n) is 5.23. The van der Waals surface area contributed by atoms with Gasteiger partial charge in [-0.05, 0) is 31.2 Å². The minimum atomic E-state index is -0.392. The Hall–Kier alpha value is -2.53. The molecule has 2 aliphatic rings. The zero-order valence-electron chi connectivity index (χ0n) is 17.6. The summed E-state index contributed by atoms with van der Waals surface area (Å²) in [5.41, 5.74) is 1.07. The third kappa shape index (κ3) is 4.78. The highest BCUT2D eigenvalue weighted by atomic mass is 32.2. The summed E-state index contributed by atoms with van der Waals surface area (Å²) in [6, 6.07) is 5.66. The Morgan fingerprint density at radius 1 is 1.16 bits per heavy atom. The topological polar surface area (TPSA) is 84.7 Å². The van der Waals surface area contributed by atoms with Crippen molar-refractivity contribution in [3.63, 3.8) is 0 Å². The average molecular weight is 479 g/mol. The zero-order valence-corrected chi connectivity index (χ0v) is 19.2. The van der Waals surface area contributed by atoms with Gasteiger partial charge in [0.2, 0.25) is 5.91 Å². The first-order chi connectivity index (χ1) is 15.5. The molecule has 0 unspecified atom stereocenters. The molecule has 8 nitrogen and oxygen atoms in total. The van der Waals surface area contributed by atoms with E-state index in [1.165, 1.54) is 52.4 Å². The molecule has 1 aromatic carbocycles. The number of hydrogen-bond donors (Lipinski definition) is 0. The number of fused-ring (bicyclic) bond motifs is 1. The molecule has 0 spiro atoms. The summed E-state index contributed by atoms with van der Waals surface area (Å²) < 4.78 is 19.9. The van der Waals surface area contributed by atoms with Crippen LogP contribution in [-0.2, 0) is 16.0 Å². The van der Waals surface area contributed by atoms with Crippen molar-refractivity contribution in [1.82, 2.24) is 19.4 Å². The number of carbonyl (C=O) groups excluding carboxylic acids is 2. The molecule has 0 radical (unpaired) electrons. The minimum absolute atomic E-state index is 0.0895. The molecule has 0 bridgehead atoms. The van der Waals surface area contributed by atoms with Gasteiger partial charge < -0.3 is 14.5 Å². The SMILES string of the molecule is CCOC(=O)N1CCN(C(=O)CSc2nc3c(c(=O)n2-c2ccc(F)cc2)SCC3)CC1. The van der Waals surface area contributed by atoms with Crippen molar-refractivity contribution in [2.45, 2.75) is 23.4 Å². The van der Waals surface area contributed by atoms with Crippen molar-refractivity contribution in [2.75, 3.05) is 44.3 Å². The predicted octanol–water partition coefficient (Wildman–Crippen LogP) is 2.41. The first-order valence-electron chi connectivity index (χ1n) is 10.3. The summed E-state index contributed by atoms with van der Waals surface area (Å²) >= 11 is 2.67. The molecular formula is C21H23FN4O4S2. The maximum Gasteiger partial charge on any atom is 0.409 e. The number of ether oxygens (including phenoxy) is 1. The van der Waals surface area contributed by atoms with Gasteiger partial charge in [0.15, 0.2) is 5.16 Å². The fraction of sp³-hybridized carbons (Fsp3) is 0.429. The van der Waals surface area contributed by atoms with Gasteiger partial charge in [-0.25, -0.2) is 14.2 Å². The molecule has 1 saturated heterocycles. The van der Waals surface area contributed by atoms with Gasteiger partial charge in [0, 0.05) is 38.4 Å². The zero-order chi connectivity index (χ0) is 22.7. The highest BCUT2D eigenvalue weighted by Crippen LogP contribution is 2.30. The Morgan fingerprint density at radius 2 is 1.84 bits per heavy atom. The molecule has 0 saturated carbocycles. The molecular weight excluding hydrogens is 455 g/mol. The normalized spacial score (nSPS) is 15.6. The standard InChI is InChI=1S/C21H23FN4O4S2/c1-2-30-21(29)25-10-8-24(9-11-25)17(27)13-32-20-23-16-7-12-31-18(16)19(28)26(20)15-5-3-14(22)4-6-15/h3-6H,2,7-13H2,1H3. The van der Waals surface area contributed by atoms with Gasteiger partial charge in [-0.3, -0.25) is 14.2 Å². The monoisotopic (exact) mass is 478 g/mol. The molecule has 0 N–H and O–H groups in total. The van der Waals surface area contributed by atoms with Gasteiger partial charge in [0.1, 0.15) is 5.82 Å². The van der Waals surface area contributed by atoms with Crippen molar-refractivity contribution >= 4 is 35.5 Å². The van der Waals surface area contributed by atoms with Gasteiger partial charge in [-0.15, -0.1) is 11.8 Å². The molecule has 4 rings (SSSR count). The summed E-state index contributed by atoms with van der Waals surface area (Å²) in [5.74, 6) is 0.419. The summed E-state index contributed by atoms with van der Waals surface area (Å²) in [5, 5.41) is 0.418. The fourth-order valence-electron chi connectivity index (χ4n) is 3.58. The maximum atomic E-state index is 13.4. The van der Waals surface area contributed by atoms with Crippen LogP contribution in [0.3, 0.4) is 0 Å². The highest BCUT2D eigenvalue weighted by molar-refractivity contribution is 8.00. The second kappa shape index (κ2) is 9.95. The number of thioether (sulfide) groups is 2. The van der Waals surface area contributed by atoms with E-state index in [1.54, 1.807) is 16.7 Å². The van der Waals surface area contributed by atoms with E-state index in [-0.39, 0.29) is 23.3 Å². The molecule has 1 aromatic heterocycles. The Balaban J connectivity index is 1.48. The lowest BCUT2D eigenvalue weighted by molar-refractivity contribution is -0.129. The van der Waals surface area contributed by atoms with E-state index in [0.29, 0.717) is 54.9 Å². The Morgan fingerprint density at radius 3 is 2.53 bits per heavy atom. The van der Waals surface area contributed by atoms with Crippen LogP contribution in [-0.4, -0.2) is 75.6 Å². The molecule has 3 heterocycles. The Labute approximate surface area is 193 Å². The minimum Gasteiger partial charge on any atom is -0.450 e. The van der Waals surface area contributed by atoms with Crippen LogP contribution in [0.5, 0.6) is 0 Å². The van der Waals surface area contributed by atoms with Gasteiger partial charge in [0.05, 0.1) is 28.6 Å². The quantitative estimate of drug-likeness (QED) is 0.482. The van der Waals surface area contributed by atoms with Gasteiger partial charge in [0.25, 0.3) is 5.56 Å². The van der Waals surface area contributed by atoms with E-state index >= 15 is 0 Å².